The summed E-state index contributed by atoms with van der Waals surface area (Å²) in [4.78, 5) is 16.5. The number of rotatable bonds is 5. The fourth-order valence-corrected chi connectivity index (χ4v) is 1.98. The number of nitrogens with zero attached hydrogens (tertiary/aromatic N) is 2. The highest BCUT2D eigenvalue weighted by atomic mass is 32.1. The van der Waals surface area contributed by atoms with Crippen molar-refractivity contribution >= 4 is 22.4 Å². The van der Waals surface area contributed by atoms with E-state index < -0.39 is 5.97 Å². The predicted octanol–water partition coefficient (Wildman–Crippen LogP) is 1.23. The summed E-state index contributed by atoms with van der Waals surface area (Å²) < 4.78 is 0. The number of aliphatic carboxylic acids is 1. The highest BCUT2D eigenvalue weighted by Gasteiger charge is 2.12. The largest absolute Gasteiger partial charge is 0.480 e. The molecule has 0 radical (unpaired) electrons. The van der Waals surface area contributed by atoms with E-state index in [0.717, 1.165) is 12.1 Å². The fourth-order valence-electron chi connectivity index (χ4n) is 1.07. The van der Waals surface area contributed by atoms with Crippen LogP contribution in [0.2, 0.25) is 0 Å². The number of hydrogen-bond donors (Lipinski definition) is 1. The summed E-state index contributed by atoms with van der Waals surface area (Å²) in [6.45, 7) is 2.16. The Kier molecular flexibility index (Phi) is 4.13. The highest BCUT2D eigenvalue weighted by Crippen LogP contribution is 2.20. The Labute approximate surface area is 92.6 Å². The summed E-state index contributed by atoms with van der Waals surface area (Å²) in [7, 11) is 0. The van der Waals surface area contributed by atoms with E-state index in [9.17, 15) is 4.79 Å². The van der Waals surface area contributed by atoms with Crippen molar-refractivity contribution in [3.63, 3.8) is 0 Å². The predicted molar refractivity (Wildman–Crippen MR) is 60.2 cm³/mol. The van der Waals surface area contributed by atoms with Gasteiger partial charge >= 0.3 is 5.97 Å². The van der Waals surface area contributed by atoms with Gasteiger partial charge in [0, 0.05) is 5.38 Å². The number of aryl methyl sites for hydroxylation is 1. The lowest BCUT2D eigenvalue weighted by Crippen LogP contribution is -2.29. The molecular weight excluding hydrogens is 212 g/mol. The second-order valence-corrected chi connectivity index (χ2v) is 3.77. The molecule has 0 amide bonds. The molecule has 1 aromatic rings. The number of hydrogen-bond acceptors (Lipinski definition) is 4. The van der Waals surface area contributed by atoms with Crippen LogP contribution in [0.4, 0.5) is 5.13 Å². The second kappa shape index (κ2) is 5.37. The highest BCUT2D eigenvalue weighted by molar-refractivity contribution is 7.13. The van der Waals surface area contributed by atoms with Gasteiger partial charge in [0.25, 0.3) is 0 Å². The Balaban J connectivity index is 2.79. The van der Waals surface area contributed by atoms with Gasteiger partial charge in [0.1, 0.15) is 6.54 Å². The monoisotopic (exact) mass is 224 g/mol. The maximum atomic E-state index is 10.6. The summed E-state index contributed by atoms with van der Waals surface area (Å²) in [5, 5.41) is 11.3. The van der Waals surface area contributed by atoms with Crippen LogP contribution in [0.25, 0.3) is 0 Å². The first-order valence-corrected chi connectivity index (χ1v) is 5.40. The molecule has 0 atom stereocenters. The zero-order chi connectivity index (χ0) is 11.3. The molecule has 1 rings (SSSR count). The quantitative estimate of drug-likeness (QED) is 0.764. The zero-order valence-electron chi connectivity index (χ0n) is 8.43. The van der Waals surface area contributed by atoms with E-state index in [0.29, 0.717) is 5.13 Å². The van der Waals surface area contributed by atoms with E-state index in [-0.39, 0.29) is 13.1 Å². The van der Waals surface area contributed by atoms with E-state index in [1.807, 2.05) is 12.3 Å². The third-order valence-electron chi connectivity index (χ3n) is 1.78. The molecule has 5 heteroatoms. The smallest absolute Gasteiger partial charge is 0.323 e. The topological polar surface area (TPSA) is 53.4 Å². The van der Waals surface area contributed by atoms with Crippen molar-refractivity contribution in [3.8, 4) is 12.3 Å². The zero-order valence-corrected chi connectivity index (χ0v) is 9.25. The summed E-state index contributed by atoms with van der Waals surface area (Å²) in [6.07, 6.45) is 6.01. The summed E-state index contributed by atoms with van der Waals surface area (Å²) in [6, 6.07) is 0. The number of terminal acetylenes is 1. The van der Waals surface area contributed by atoms with E-state index >= 15 is 0 Å². The molecule has 80 valence electrons. The molecule has 0 aromatic carbocycles. The van der Waals surface area contributed by atoms with Crippen molar-refractivity contribution in [2.24, 2.45) is 0 Å². The molecule has 15 heavy (non-hydrogen) atoms. The Morgan fingerprint density at radius 3 is 3.00 bits per heavy atom. The van der Waals surface area contributed by atoms with Gasteiger partial charge in [-0.15, -0.1) is 17.8 Å². The third-order valence-corrected chi connectivity index (χ3v) is 2.73. The molecule has 0 aliphatic rings. The van der Waals surface area contributed by atoms with Crippen molar-refractivity contribution in [1.29, 1.82) is 0 Å². The Bertz CT molecular complexity index is 381. The summed E-state index contributed by atoms with van der Waals surface area (Å²) in [5.74, 6) is 1.52. The minimum absolute atomic E-state index is 0.110. The van der Waals surface area contributed by atoms with Crippen LogP contribution >= 0.6 is 11.3 Å². The van der Waals surface area contributed by atoms with Crippen molar-refractivity contribution in [3.05, 3.63) is 11.1 Å². The molecule has 0 saturated carbocycles. The van der Waals surface area contributed by atoms with Crippen molar-refractivity contribution in [1.82, 2.24) is 4.98 Å². The van der Waals surface area contributed by atoms with Gasteiger partial charge in [-0.1, -0.05) is 12.8 Å². The van der Waals surface area contributed by atoms with Crippen molar-refractivity contribution in [2.45, 2.75) is 13.3 Å². The molecular formula is C10H12N2O2S. The van der Waals surface area contributed by atoms with Crippen molar-refractivity contribution in [2.75, 3.05) is 18.0 Å². The number of aromatic nitrogens is 1. The molecule has 1 aromatic heterocycles. The van der Waals surface area contributed by atoms with Crippen LogP contribution in [-0.2, 0) is 11.2 Å². The molecule has 0 unspecified atom stereocenters. The average molecular weight is 224 g/mol. The Morgan fingerprint density at radius 2 is 2.53 bits per heavy atom. The lowest BCUT2D eigenvalue weighted by Gasteiger charge is -2.15. The lowest BCUT2D eigenvalue weighted by atomic mass is 10.4. The SMILES string of the molecule is C#CCN(CC(=O)O)c1nc(CC)cs1. The van der Waals surface area contributed by atoms with Crippen LogP contribution in [-0.4, -0.2) is 29.1 Å². The number of thiazole rings is 1. The van der Waals surface area contributed by atoms with Gasteiger partial charge in [0.2, 0.25) is 0 Å². The minimum Gasteiger partial charge on any atom is -0.480 e. The van der Waals surface area contributed by atoms with Crippen LogP contribution in [0.5, 0.6) is 0 Å². The van der Waals surface area contributed by atoms with Gasteiger partial charge in [0.05, 0.1) is 12.2 Å². The molecule has 1 N–H and O–H groups in total. The first-order chi connectivity index (χ1) is 7.17. The van der Waals surface area contributed by atoms with E-state index in [2.05, 4.69) is 10.9 Å². The molecule has 0 aliphatic heterocycles. The van der Waals surface area contributed by atoms with Crippen LogP contribution in [0, 0.1) is 12.3 Å². The molecule has 0 saturated heterocycles. The number of carbonyl (C=O) groups is 1. The number of carboxylic acid groups (broad SMARTS) is 1. The van der Waals surface area contributed by atoms with Crippen molar-refractivity contribution < 1.29 is 9.90 Å². The van der Waals surface area contributed by atoms with Crippen LogP contribution in [0.1, 0.15) is 12.6 Å². The average Bonchev–Trinajstić information content (AvgIpc) is 2.64. The van der Waals surface area contributed by atoms with E-state index in [1.54, 1.807) is 4.90 Å². The molecule has 0 bridgehead atoms. The molecule has 0 spiro atoms. The van der Waals surface area contributed by atoms with Crippen LogP contribution in [0.15, 0.2) is 5.38 Å². The van der Waals surface area contributed by atoms with Gasteiger partial charge < -0.3 is 10.0 Å². The van der Waals surface area contributed by atoms with Crippen LogP contribution in [0.3, 0.4) is 0 Å². The van der Waals surface area contributed by atoms with Gasteiger partial charge in [-0.25, -0.2) is 4.98 Å². The molecule has 4 nitrogen and oxygen atoms in total. The van der Waals surface area contributed by atoms with E-state index in [1.165, 1.54) is 11.3 Å². The first kappa shape index (κ1) is 11.5. The normalized spacial score (nSPS) is 9.60. The Hall–Kier alpha value is -1.54. The minimum atomic E-state index is -0.904. The third kappa shape index (κ3) is 3.26. The number of anilines is 1. The fraction of sp³-hybridized carbons (Fsp3) is 0.400. The van der Waals surface area contributed by atoms with E-state index in [4.69, 9.17) is 11.5 Å². The lowest BCUT2D eigenvalue weighted by molar-refractivity contribution is -0.135. The summed E-state index contributed by atoms with van der Waals surface area (Å²) in [5.41, 5.74) is 0.961. The van der Waals surface area contributed by atoms with Gasteiger partial charge in [-0.05, 0) is 6.42 Å². The van der Waals surface area contributed by atoms with Crippen LogP contribution < -0.4 is 4.90 Å². The maximum absolute atomic E-state index is 10.6. The maximum Gasteiger partial charge on any atom is 0.323 e. The van der Waals surface area contributed by atoms with Gasteiger partial charge in [-0.3, -0.25) is 4.79 Å². The number of carboxylic acids is 1. The summed E-state index contributed by atoms with van der Waals surface area (Å²) >= 11 is 1.42. The first-order valence-electron chi connectivity index (χ1n) is 4.52. The molecule has 0 fully saturated rings. The molecule has 0 aliphatic carbocycles. The second-order valence-electron chi connectivity index (χ2n) is 2.93. The Morgan fingerprint density at radius 1 is 1.80 bits per heavy atom. The van der Waals surface area contributed by atoms with Gasteiger partial charge in [-0.2, -0.15) is 0 Å². The standard InChI is InChI=1S/C10H12N2O2S/c1-3-5-12(6-9(13)14)10-11-8(4-2)7-15-10/h1,7H,4-6H2,2H3,(H,13,14). The van der Waals surface area contributed by atoms with Gasteiger partial charge in [0.15, 0.2) is 5.13 Å². The molecule has 1 heterocycles.